The summed E-state index contributed by atoms with van der Waals surface area (Å²) in [6.07, 6.45) is 0.423. The van der Waals surface area contributed by atoms with E-state index in [1.807, 2.05) is 0 Å². The van der Waals surface area contributed by atoms with Crippen LogP contribution in [0.15, 0.2) is 47.6 Å². The van der Waals surface area contributed by atoms with Crippen molar-refractivity contribution < 1.29 is 28.9 Å². The number of hydrazone groups is 1. The summed E-state index contributed by atoms with van der Waals surface area (Å²) >= 11 is 0. The Morgan fingerprint density at radius 1 is 1.25 bits per heavy atom. The van der Waals surface area contributed by atoms with Gasteiger partial charge in [-0.15, -0.1) is 0 Å². The number of hydrogen-bond donors (Lipinski definition) is 3. The van der Waals surface area contributed by atoms with Crippen LogP contribution in [-0.2, 0) is 9.59 Å². The smallest absolute Gasteiger partial charge is 0.265 e. The van der Waals surface area contributed by atoms with Crippen LogP contribution in [-0.4, -0.2) is 49.5 Å². The highest BCUT2D eigenvalue weighted by Gasteiger charge is 2.27. The molecule has 1 heterocycles. The van der Waals surface area contributed by atoms with Crippen molar-refractivity contribution in [3.8, 4) is 23.0 Å². The second-order valence-corrected chi connectivity index (χ2v) is 5.77. The van der Waals surface area contributed by atoms with Gasteiger partial charge in [0.1, 0.15) is 6.61 Å². The van der Waals surface area contributed by atoms with Crippen molar-refractivity contribution in [1.82, 2.24) is 10.7 Å². The van der Waals surface area contributed by atoms with Crippen molar-refractivity contribution in [2.45, 2.75) is 6.10 Å². The molecular formula is C19H19N3O6. The van der Waals surface area contributed by atoms with E-state index in [4.69, 9.17) is 14.2 Å². The third kappa shape index (κ3) is 4.50. The number of benzene rings is 2. The normalized spacial score (nSPS) is 15.1. The third-order valence-electron chi connectivity index (χ3n) is 3.87. The number of nitrogens with zero attached hydrogens (tertiary/aromatic N) is 1. The fourth-order valence-corrected chi connectivity index (χ4v) is 2.45. The molecule has 0 saturated carbocycles. The van der Waals surface area contributed by atoms with Crippen molar-refractivity contribution in [2.24, 2.45) is 5.10 Å². The van der Waals surface area contributed by atoms with Crippen LogP contribution < -0.4 is 25.0 Å². The van der Waals surface area contributed by atoms with Crippen molar-refractivity contribution in [1.29, 1.82) is 0 Å². The number of para-hydroxylation sites is 3. The Morgan fingerprint density at radius 3 is 2.82 bits per heavy atom. The molecule has 3 N–H and O–H groups in total. The first-order chi connectivity index (χ1) is 13.6. The van der Waals surface area contributed by atoms with Gasteiger partial charge in [0.2, 0.25) is 6.10 Å². The van der Waals surface area contributed by atoms with Crippen LogP contribution in [0, 0.1) is 0 Å². The minimum Gasteiger partial charge on any atom is -0.504 e. The van der Waals surface area contributed by atoms with Crippen molar-refractivity contribution in [3.63, 3.8) is 0 Å². The molecule has 1 aliphatic heterocycles. The van der Waals surface area contributed by atoms with Crippen LogP contribution in [0.5, 0.6) is 23.0 Å². The Hall–Kier alpha value is -3.75. The van der Waals surface area contributed by atoms with Gasteiger partial charge in [0.05, 0.1) is 19.9 Å². The minimum atomic E-state index is -0.847. The van der Waals surface area contributed by atoms with Crippen LogP contribution >= 0.6 is 0 Å². The first kappa shape index (κ1) is 19.0. The lowest BCUT2D eigenvalue weighted by Crippen LogP contribution is -2.46. The van der Waals surface area contributed by atoms with Crippen LogP contribution in [0.3, 0.4) is 0 Å². The Kier molecular flexibility index (Phi) is 5.95. The molecule has 0 bridgehead atoms. The minimum absolute atomic E-state index is 0.0533. The number of aromatic hydroxyl groups is 1. The summed E-state index contributed by atoms with van der Waals surface area (Å²) < 4.78 is 16.0. The molecule has 9 nitrogen and oxygen atoms in total. The lowest BCUT2D eigenvalue weighted by Gasteiger charge is -2.25. The maximum Gasteiger partial charge on any atom is 0.265 e. The van der Waals surface area contributed by atoms with Crippen LogP contribution in [0.2, 0.25) is 0 Å². The summed E-state index contributed by atoms with van der Waals surface area (Å²) in [5.41, 5.74) is 2.63. The zero-order valence-electron chi connectivity index (χ0n) is 15.0. The number of nitrogens with one attached hydrogen (secondary N) is 2. The summed E-state index contributed by atoms with van der Waals surface area (Å²) in [6, 6.07) is 11.9. The number of hydrogen-bond acceptors (Lipinski definition) is 7. The quantitative estimate of drug-likeness (QED) is 0.500. The largest absolute Gasteiger partial charge is 0.504 e. The topological polar surface area (TPSA) is 118 Å². The summed E-state index contributed by atoms with van der Waals surface area (Å²) in [5, 5.41) is 16.1. The monoisotopic (exact) mass is 385 g/mol. The van der Waals surface area contributed by atoms with Crippen molar-refractivity contribution >= 4 is 18.0 Å². The van der Waals surface area contributed by atoms with E-state index in [2.05, 4.69) is 15.8 Å². The average Bonchev–Trinajstić information content (AvgIpc) is 2.73. The molecule has 146 valence electrons. The molecule has 0 fully saturated rings. The molecule has 1 aliphatic rings. The maximum absolute atomic E-state index is 12.1. The Balaban J connectivity index is 1.46. The molecule has 0 radical (unpaired) electrons. The lowest BCUT2D eigenvalue weighted by atomic mass is 10.2. The van der Waals surface area contributed by atoms with Gasteiger partial charge >= 0.3 is 0 Å². The molecule has 28 heavy (non-hydrogen) atoms. The van der Waals surface area contributed by atoms with Crippen LogP contribution in [0.25, 0.3) is 0 Å². The molecular weight excluding hydrogens is 366 g/mol. The van der Waals surface area contributed by atoms with Gasteiger partial charge in [0, 0.05) is 5.56 Å². The summed E-state index contributed by atoms with van der Waals surface area (Å²) in [4.78, 5) is 24.0. The highest BCUT2D eigenvalue weighted by Crippen LogP contribution is 2.31. The van der Waals surface area contributed by atoms with Gasteiger partial charge in [-0.1, -0.05) is 18.2 Å². The second kappa shape index (κ2) is 8.76. The predicted molar refractivity (Wildman–Crippen MR) is 99.8 cm³/mol. The summed E-state index contributed by atoms with van der Waals surface area (Å²) in [6.45, 7) is -0.237. The van der Waals surface area contributed by atoms with E-state index in [1.54, 1.807) is 42.5 Å². The van der Waals surface area contributed by atoms with E-state index in [0.29, 0.717) is 22.8 Å². The second-order valence-electron chi connectivity index (χ2n) is 5.77. The summed E-state index contributed by atoms with van der Waals surface area (Å²) in [7, 11) is 1.43. The van der Waals surface area contributed by atoms with Gasteiger partial charge in [-0.05, 0) is 24.3 Å². The number of ether oxygens (including phenoxy) is 3. The van der Waals surface area contributed by atoms with Crippen LogP contribution in [0.4, 0.5) is 0 Å². The lowest BCUT2D eigenvalue weighted by molar-refractivity contribution is -0.132. The molecule has 2 aromatic rings. The van der Waals surface area contributed by atoms with E-state index in [0.717, 1.165) is 0 Å². The van der Waals surface area contributed by atoms with Crippen molar-refractivity contribution in [3.05, 3.63) is 48.0 Å². The number of carbonyl (C=O) groups excluding carboxylic acids is 2. The fourth-order valence-electron chi connectivity index (χ4n) is 2.45. The average molecular weight is 385 g/mol. The standard InChI is InChI=1S/C19H19N3O6/c1-26-15-8-4-5-12(18(15)24)9-21-22-17(23)10-20-19(25)16-11-27-13-6-2-3-7-14(13)28-16/h2-9,16,24H,10-11H2,1H3,(H,20,25)(H,22,23)/b21-9-/t16-/m1/s1. The number of phenols is 1. The molecule has 0 spiro atoms. The van der Waals surface area contributed by atoms with Gasteiger partial charge in [-0.3, -0.25) is 9.59 Å². The van der Waals surface area contributed by atoms with E-state index >= 15 is 0 Å². The molecule has 2 aromatic carbocycles. The van der Waals surface area contributed by atoms with Crippen LogP contribution in [0.1, 0.15) is 5.56 Å². The zero-order chi connectivity index (χ0) is 19.9. The molecule has 0 saturated heterocycles. The van der Waals surface area contributed by atoms with E-state index in [9.17, 15) is 14.7 Å². The number of fused-ring (bicyclic) bond motifs is 1. The van der Waals surface area contributed by atoms with E-state index in [-0.39, 0.29) is 18.9 Å². The van der Waals surface area contributed by atoms with Gasteiger partial charge in [-0.25, -0.2) is 5.43 Å². The third-order valence-corrected chi connectivity index (χ3v) is 3.87. The summed E-state index contributed by atoms with van der Waals surface area (Å²) in [5.74, 6) is 0.230. The number of methoxy groups -OCH3 is 1. The molecule has 9 heteroatoms. The fraction of sp³-hybridized carbons (Fsp3) is 0.211. The Bertz CT molecular complexity index is 899. The predicted octanol–water partition coefficient (Wildman–Crippen LogP) is 0.807. The van der Waals surface area contributed by atoms with Crippen molar-refractivity contribution in [2.75, 3.05) is 20.3 Å². The molecule has 0 aromatic heterocycles. The molecule has 2 amide bonds. The first-order valence-corrected chi connectivity index (χ1v) is 8.42. The van der Waals surface area contributed by atoms with Gasteiger partial charge in [-0.2, -0.15) is 5.10 Å². The maximum atomic E-state index is 12.1. The number of phenolic OH excluding ortho intramolecular Hbond substituents is 1. The van der Waals surface area contributed by atoms with Gasteiger partial charge < -0.3 is 24.6 Å². The number of amides is 2. The molecule has 0 aliphatic carbocycles. The highest BCUT2D eigenvalue weighted by atomic mass is 16.6. The number of carbonyl (C=O) groups is 2. The van der Waals surface area contributed by atoms with E-state index in [1.165, 1.54) is 13.3 Å². The SMILES string of the molecule is COc1cccc(/C=N\NC(=O)CNC(=O)[C@H]2COc3ccccc3O2)c1O. The Labute approximate surface area is 160 Å². The first-order valence-electron chi connectivity index (χ1n) is 8.42. The van der Waals surface area contributed by atoms with Gasteiger partial charge in [0.25, 0.3) is 11.8 Å². The molecule has 1 atom stereocenters. The Morgan fingerprint density at radius 2 is 2.04 bits per heavy atom. The van der Waals surface area contributed by atoms with Gasteiger partial charge in [0.15, 0.2) is 23.0 Å². The number of rotatable bonds is 6. The molecule has 0 unspecified atom stereocenters. The zero-order valence-corrected chi connectivity index (χ0v) is 15.0. The molecule has 3 rings (SSSR count). The van der Waals surface area contributed by atoms with E-state index < -0.39 is 17.9 Å². The highest BCUT2D eigenvalue weighted by molar-refractivity contribution is 5.89.